The summed E-state index contributed by atoms with van der Waals surface area (Å²) >= 11 is 6.42. The number of carboxylic acid groups (broad SMARTS) is 1. The molecule has 0 unspecified atom stereocenters. The van der Waals surface area contributed by atoms with E-state index in [4.69, 9.17) is 16.3 Å². The van der Waals surface area contributed by atoms with Gasteiger partial charge in [0.05, 0.1) is 29.3 Å². The number of aromatic nitrogens is 1. The molecular weight excluding hydrogens is 350 g/mol. The minimum absolute atomic E-state index is 0.143. The van der Waals surface area contributed by atoms with Crippen molar-refractivity contribution in [1.82, 2.24) is 4.57 Å². The number of fused-ring (bicyclic) bond motifs is 3. The molecule has 0 aliphatic rings. The lowest BCUT2D eigenvalue weighted by Crippen LogP contribution is -2.23. The molecule has 0 atom stereocenters. The van der Waals surface area contributed by atoms with E-state index in [1.807, 2.05) is 47.0 Å². The molecule has 0 radical (unpaired) electrons. The maximum Gasteiger partial charge on any atom is 0.127 e. The van der Waals surface area contributed by atoms with E-state index in [1.165, 1.54) is 0 Å². The highest BCUT2D eigenvalue weighted by Crippen LogP contribution is 2.40. The van der Waals surface area contributed by atoms with Crippen LogP contribution in [0.5, 0.6) is 5.75 Å². The molecule has 0 saturated heterocycles. The summed E-state index contributed by atoms with van der Waals surface area (Å²) in [4.78, 5) is 11.9. The van der Waals surface area contributed by atoms with Crippen LogP contribution in [0.2, 0.25) is 5.02 Å². The lowest BCUT2D eigenvalue weighted by Gasteiger charge is -2.13. The predicted octanol–water partition coefficient (Wildman–Crippen LogP) is 4.12. The summed E-state index contributed by atoms with van der Waals surface area (Å²) in [6.07, 6.45) is 0. The molecule has 0 saturated carbocycles. The first-order valence-electron chi connectivity index (χ1n) is 8.11. The second-order valence-electron chi connectivity index (χ2n) is 6.06. The predicted molar refractivity (Wildman–Crippen MR) is 101 cm³/mol. The van der Waals surface area contributed by atoms with Gasteiger partial charge < -0.3 is 19.2 Å². The van der Waals surface area contributed by atoms with Crippen LogP contribution in [0.25, 0.3) is 27.4 Å². The van der Waals surface area contributed by atoms with Crippen LogP contribution >= 0.6 is 11.6 Å². The van der Waals surface area contributed by atoms with Gasteiger partial charge in [-0.05, 0) is 25.1 Å². The van der Waals surface area contributed by atoms with Crippen molar-refractivity contribution in [1.29, 1.82) is 0 Å². The average Bonchev–Trinajstić information content (AvgIpc) is 2.93. The number of aromatic carboxylic acids is 1. The standard InChI is InChI=1S/C21H16ClNO3/c1-12-19(21(24)25)15-11-18(26-2)13-7-3-4-8-14(13)20(15)23(12)17-10-6-5-9-16(17)22/h3-11H,1-2H3,(H,24,25)/p-1. The summed E-state index contributed by atoms with van der Waals surface area (Å²) in [6, 6.07) is 16.9. The summed E-state index contributed by atoms with van der Waals surface area (Å²) in [5.74, 6) is -0.609. The van der Waals surface area contributed by atoms with E-state index in [0.717, 1.165) is 22.0 Å². The highest BCUT2D eigenvalue weighted by atomic mass is 35.5. The molecule has 1 heterocycles. The Morgan fingerprint density at radius 2 is 1.69 bits per heavy atom. The molecule has 4 rings (SSSR count). The van der Waals surface area contributed by atoms with Gasteiger partial charge in [0.2, 0.25) is 0 Å². The van der Waals surface area contributed by atoms with E-state index in [2.05, 4.69) is 0 Å². The van der Waals surface area contributed by atoms with Crippen LogP contribution in [0, 0.1) is 6.92 Å². The number of hydrogen-bond acceptors (Lipinski definition) is 3. The fourth-order valence-corrected chi connectivity index (χ4v) is 3.81. The molecule has 4 aromatic rings. The fraction of sp³-hybridized carbons (Fsp3) is 0.0952. The van der Waals surface area contributed by atoms with Crippen LogP contribution < -0.4 is 9.84 Å². The molecule has 1 aromatic heterocycles. The Morgan fingerprint density at radius 1 is 1.04 bits per heavy atom. The van der Waals surface area contributed by atoms with E-state index in [9.17, 15) is 9.90 Å². The molecule has 3 aromatic carbocycles. The Bertz CT molecular complexity index is 1180. The Hall–Kier alpha value is -2.98. The molecule has 5 heteroatoms. The SMILES string of the molecule is COc1cc2c(C(=O)[O-])c(C)n(-c3ccccc3Cl)c2c2ccccc12. The monoisotopic (exact) mass is 364 g/mol. The van der Waals surface area contributed by atoms with Crippen molar-refractivity contribution in [3.05, 3.63) is 70.9 Å². The quantitative estimate of drug-likeness (QED) is 0.549. The number of carbonyl (C=O) groups excluding carboxylic acids is 1. The Morgan fingerprint density at radius 3 is 2.35 bits per heavy atom. The molecular formula is C21H15ClNO3-. The molecule has 0 fully saturated rings. The summed E-state index contributed by atoms with van der Waals surface area (Å²) in [7, 11) is 1.57. The van der Waals surface area contributed by atoms with Crippen LogP contribution in [0.3, 0.4) is 0 Å². The highest BCUT2D eigenvalue weighted by Gasteiger charge is 2.21. The van der Waals surface area contributed by atoms with Gasteiger partial charge in [0.15, 0.2) is 0 Å². The van der Waals surface area contributed by atoms with E-state index in [0.29, 0.717) is 21.9 Å². The van der Waals surface area contributed by atoms with Gasteiger partial charge in [-0.1, -0.05) is 48.0 Å². The second-order valence-corrected chi connectivity index (χ2v) is 6.46. The van der Waals surface area contributed by atoms with Crippen molar-refractivity contribution in [2.24, 2.45) is 0 Å². The van der Waals surface area contributed by atoms with Crippen LogP contribution in [0.1, 0.15) is 16.1 Å². The number of carboxylic acids is 1. The summed E-state index contributed by atoms with van der Waals surface area (Å²) in [6.45, 7) is 1.76. The van der Waals surface area contributed by atoms with Crippen molar-refractivity contribution < 1.29 is 14.6 Å². The smallest absolute Gasteiger partial charge is 0.127 e. The molecule has 0 aliphatic heterocycles. The lowest BCUT2D eigenvalue weighted by molar-refractivity contribution is -0.254. The molecule has 0 amide bonds. The van der Waals surface area contributed by atoms with E-state index < -0.39 is 5.97 Å². The molecule has 130 valence electrons. The number of nitrogens with zero attached hydrogens (tertiary/aromatic N) is 1. The zero-order valence-electron chi connectivity index (χ0n) is 14.2. The third kappa shape index (κ3) is 2.26. The first-order chi connectivity index (χ1) is 12.5. The zero-order chi connectivity index (χ0) is 18.4. The maximum absolute atomic E-state index is 11.9. The number of ether oxygens (including phenoxy) is 1. The van der Waals surface area contributed by atoms with Crippen LogP contribution in [0.4, 0.5) is 0 Å². The van der Waals surface area contributed by atoms with Gasteiger partial charge in [-0.15, -0.1) is 0 Å². The summed E-state index contributed by atoms with van der Waals surface area (Å²) < 4.78 is 7.38. The van der Waals surface area contributed by atoms with E-state index >= 15 is 0 Å². The maximum atomic E-state index is 11.9. The molecule has 0 spiro atoms. The van der Waals surface area contributed by atoms with Crippen molar-refractivity contribution in [2.45, 2.75) is 6.92 Å². The second kappa shape index (κ2) is 6.07. The van der Waals surface area contributed by atoms with Gasteiger partial charge in [-0.3, -0.25) is 0 Å². The van der Waals surface area contributed by atoms with E-state index in [1.54, 1.807) is 26.2 Å². The molecule has 4 nitrogen and oxygen atoms in total. The number of methoxy groups -OCH3 is 1. The minimum atomic E-state index is -1.23. The van der Waals surface area contributed by atoms with Gasteiger partial charge in [-0.25, -0.2) is 0 Å². The van der Waals surface area contributed by atoms with E-state index in [-0.39, 0.29) is 5.56 Å². The van der Waals surface area contributed by atoms with Crippen LogP contribution in [-0.2, 0) is 0 Å². The minimum Gasteiger partial charge on any atom is -0.545 e. The normalized spacial score (nSPS) is 11.2. The van der Waals surface area contributed by atoms with Crippen molar-refractivity contribution in [2.75, 3.05) is 7.11 Å². The largest absolute Gasteiger partial charge is 0.545 e. The van der Waals surface area contributed by atoms with Crippen molar-refractivity contribution in [3.63, 3.8) is 0 Å². The Balaban J connectivity index is 2.30. The van der Waals surface area contributed by atoms with Crippen LogP contribution in [0.15, 0.2) is 54.6 Å². The molecule has 0 bridgehead atoms. The van der Waals surface area contributed by atoms with Gasteiger partial charge in [-0.2, -0.15) is 0 Å². The summed E-state index contributed by atoms with van der Waals surface area (Å²) in [5, 5.41) is 14.8. The number of benzene rings is 3. The topological polar surface area (TPSA) is 54.3 Å². The van der Waals surface area contributed by atoms with Crippen molar-refractivity contribution in [3.8, 4) is 11.4 Å². The van der Waals surface area contributed by atoms with Gasteiger partial charge in [0, 0.05) is 27.4 Å². The number of rotatable bonds is 3. The van der Waals surface area contributed by atoms with Gasteiger partial charge >= 0.3 is 0 Å². The fourth-order valence-electron chi connectivity index (χ4n) is 3.59. The molecule has 0 N–H and O–H groups in total. The van der Waals surface area contributed by atoms with Gasteiger partial charge in [0.25, 0.3) is 0 Å². The number of hydrogen-bond donors (Lipinski definition) is 0. The number of halogens is 1. The third-order valence-electron chi connectivity index (χ3n) is 4.69. The average molecular weight is 365 g/mol. The molecule has 0 aliphatic carbocycles. The Kier molecular flexibility index (Phi) is 3.85. The third-order valence-corrected chi connectivity index (χ3v) is 5.01. The number of para-hydroxylation sites is 1. The van der Waals surface area contributed by atoms with Crippen molar-refractivity contribution >= 4 is 39.2 Å². The highest BCUT2D eigenvalue weighted by molar-refractivity contribution is 6.32. The van der Waals surface area contributed by atoms with Crippen LogP contribution in [-0.4, -0.2) is 17.6 Å². The first-order valence-corrected chi connectivity index (χ1v) is 8.49. The lowest BCUT2D eigenvalue weighted by atomic mass is 10.0. The number of carbonyl (C=O) groups is 1. The first kappa shape index (κ1) is 16.5. The zero-order valence-corrected chi connectivity index (χ0v) is 15.0. The summed E-state index contributed by atoms with van der Waals surface area (Å²) in [5.41, 5.74) is 2.20. The Labute approximate surface area is 155 Å². The molecule has 26 heavy (non-hydrogen) atoms. The van der Waals surface area contributed by atoms with Gasteiger partial charge in [0.1, 0.15) is 5.75 Å².